The molecule has 0 radical (unpaired) electrons. The number of thioether (sulfide) groups is 1. The van der Waals surface area contributed by atoms with Gasteiger partial charge in [0.05, 0.1) is 23.0 Å². The predicted octanol–water partition coefficient (Wildman–Crippen LogP) is 2.25. The van der Waals surface area contributed by atoms with E-state index in [-0.39, 0.29) is 6.04 Å². The minimum absolute atomic E-state index is 0.248. The highest BCUT2D eigenvalue weighted by molar-refractivity contribution is 7.99. The Labute approximate surface area is 124 Å². The summed E-state index contributed by atoms with van der Waals surface area (Å²) in [6.07, 6.45) is 1.76. The van der Waals surface area contributed by atoms with E-state index >= 15 is 0 Å². The Hall–Kier alpha value is -0.230. The van der Waals surface area contributed by atoms with Crippen LogP contribution in [0.4, 0.5) is 0 Å². The smallest absolute Gasteiger partial charge is 0.0834 e. The van der Waals surface area contributed by atoms with Gasteiger partial charge in [0.15, 0.2) is 0 Å². The summed E-state index contributed by atoms with van der Waals surface area (Å²) in [5.74, 6) is 2.35. The predicted molar refractivity (Wildman–Crippen MR) is 83.1 cm³/mol. The second-order valence-electron chi connectivity index (χ2n) is 4.85. The highest BCUT2D eigenvalue weighted by Gasteiger charge is 2.32. The number of halogens is 1. The topological polar surface area (TPSA) is 33.1 Å². The average Bonchev–Trinajstić information content (AvgIpc) is 2.78. The number of nitrogens with zero attached hydrogens (tertiary/aromatic N) is 3. The third-order valence-corrected chi connectivity index (χ3v) is 5.02. The molecule has 1 aliphatic rings. The molecule has 1 aromatic heterocycles. The van der Waals surface area contributed by atoms with E-state index in [9.17, 15) is 0 Å². The number of hydrogen-bond acceptors (Lipinski definition) is 4. The molecule has 0 bridgehead atoms. The van der Waals surface area contributed by atoms with Crippen LogP contribution in [0, 0.1) is 0 Å². The number of likely N-dealkylation sites (N-methyl/N-ethyl adjacent to an activating group) is 2. The summed E-state index contributed by atoms with van der Waals surface area (Å²) in [6.45, 7) is 7.17. The molecule has 0 saturated carbocycles. The summed E-state index contributed by atoms with van der Waals surface area (Å²) in [5, 5.41) is 8.75. The summed E-state index contributed by atoms with van der Waals surface area (Å²) in [4.78, 5) is 2.44. The van der Waals surface area contributed by atoms with Crippen molar-refractivity contribution in [1.29, 1.82) is 0 Å². The van der Waals surface area contributed by atoms with Crippen molar-refractivity contribution in [1.82, 2.24) is 20.0 Å². The summed E-state index contributed by atoms with van der Waals surface area (Å²) < 4.78 is 2.02. The van der Waals surface area contributed by atoms with Gasteiger partial charge < -0.3 is 5.32 Å². The molecule has 0 amide bonds. The van der Waals surface area contributed by atoms with Crippen LogP contribution in [0.3, 0.4) is 0 Å². The fourth-order valence-corrected chi connectivity index (χ4v) is 4.16. The van der Waals surface area contributed by atoms with Crippen molar-refractivity contribution in [2.75, 3.05) is 31.6 Å². The molecule has 0 aliphatic carbocycles. The number of rotatable bonds is 5. The lowest BCUT2D eigenvalue weighted by Crippen LogP contribution is -2.48. The van der Waals surface area contributed by atoms with Gasteiger partial charge in [-0.25, -0.2) is 0 Å². The molecule has 1 aliphatic heterocycles. The number of hydrogen-bond donors (Lipinski definition) is 1. The van der Waals surface area contributed by atoms with Gasteiger partial charge in [-0.3, -0.25) is 9.58 Å². The normalized spacial score (nSPS) is 22.6. The molecule has 2 atom stereocenters. The Kier molecular flexibility index (Phi) is 5.57. The van der Waals surface area contributed by atoms with E-state index in [2.05, 4.69) is 36.2 Å². The van der Waals surface area contributed by atoms with Crippen molar-refractivity contribution in [3.8, 4) is 0 Å². The molecule has 2 rings (SSSR count). The van der Waals surface area contributed by atoms with Crippen molar-refractivity contribution in [3.63, 3.8) is 0 Å². The first-order valence-corrected chi connectivity index (χ1v) is 8.44. The van der Waals surface area contributed by atoms with Gasteiger partial charge in [-0.1, -0.05) is 18.5 Å². The van der Waals surface area contributed by atoms with Gasteiger partial charge in [0.25, 0.3) is 0 Å². The molecule has 1 saturated heterocycles. The fraction of sp³-hybridized carbons (Fsp3) is 0.769. The van der Waals surface area contributed by atoms with Crippen LogP contribution in [0.15, 0.2) is 6.20 Å². The molecular formula is C13H23ClN4S. The van der Waals surface area contributed by atoms with Crippen LogP contribution in [0.5, 0.6) is 0 Å². The van der Waals surface area contributed by atoms with Crippen molar-refractivity contribution in [2.24, 2.45) is 0 Å². The maximum absolute atomic E-state index is 6.37. The zero-order valence-electron chi connectivity index (χ0n) is 11.9. The van der Waals surface area contributed by atoms with Crippen LogP contribution in [0.1, 0.15) is 25.6 Å². The maximum atomic E-state index is 6.37. The van der Waals surface area contributed by atoms with Gasteiger partial charge in [0.2, 0.25) is 0 Å². The van der Waals surface area contributed by atoms with E-state index in [1.165, 1.54) is 5.75 Å². The van der Waals surface area contributed by atoms with Crippen molar-refractivity contribution in [2.45, 2.75) is 32.5 Å². The van der Waals surface area contributed by atoms with E-state index in [0.29, 0.717) is 6.04 Å². The zero-order valence-corrected chi connectivity index (χ0v) is 13.5. The standard InChI is InChI=1S/C13H23ClN4S/c1-4-15-12(11-9-19-7-6-17(11)3)13-10(14)8-16-18(13)5-2/h8,11-12,15H,4-7,9H2,1-3H3. The van der Waals surface area contributed by atoms with Gasteiger partial charge >= 0.3 is 0 Å². The summed E-state index contributed by atoms with van der Waals surface area (Å²) in [6, 6.07) is 0.718. The Morgan fingerprint density at radius 2 is 2.37 bits per heavy atom. The first kappa shape index (κ1) is 15.2. The molecule has 0 spiro atoms. The Morgan fingerprint density at radius 1 is 1.58 bits per heavy atom. The van der Waals surface area contributed by atoms with Gasteiger partial charge in [-0.05, 0) is 20.5 Å². The average molecular weight is 303 g/mol. The van der Waals surface area contributed by atoms with E-state index < -0.39 is 0 Å². The number of aryl methyl sites for hydroxylation is 1. The molecule has 1 N–H and O–H groups in total. The van der Waals surface area contributed by atoms with Crippen molar-refractivity contribution >= 4 is 23.4 Å². The summed E-state index contributed by atoms with van der Waals surface area (Å²) in [7, 11) is 2.20. The van der Waals surface area contributed by atoms with Gasteiger partial charge in [-0.2, -0.15) is 16.9 Å². The lowest BCUT2D eigenvalue weighted by Gasteiger charge is -2.38. The van der Waals surface area contributed by atoms with Crippen LogP contribution in [0.2, 0.25) is 5.02 Å². The molecule has 1 aromatic rings. The maximum Gasteiger partial charge on any atom is 0.0834 e. The summed E-state index contributed by atoms with van der Waals surface area (Å²) in [5.41, 5.74) is 1.13. The van der Waals surface area contributed by atoms with Crippen molar-refractivity contribution < 1.29 is 0 Å². The highest BCUT2D eigenvalue weighted by Crippen LogP contribution is 2.31. The van der Waals surface area contributed by atoms with Crippen LogP contribution >= 0.6 is 23.4 Å². The molecule has 6 heteroatoms. The first-order chi connectivity index (χ1) is 9.19. The Morgan fingerprint density at radius 3 is 3.00 bits per heavy atom. The molecule has 2 unspecified atom stereocenters. The molecular weight excluding hydrogens is 280 g/mol. The SMILES string of the molecule is CCNC(c1c(Cl)cnn1CC)C1CSCCN1C. The van der Waals surface area contributed by atoms with Gasteiger partial charge in [-0.15, -0.1) is 0 Å². The minimum atomic E-state index is 0.248. The Bertz CT molecular complexity index is 409. The monoisotopic (exact) mass is 302 g/mol. The van der Waals surface area contributed by atoms with Gasteiger partial charge in [0.1, 0.15) is 0 Å². The minimum Gasteiger partial charge on any atom is -0.308 e. The molecule has 4 nitrogen and oxygen atoms in total. The van der Waals surface area contributed by atoms with Gasteiger partial charge in [0, 0.05) is 30.6 Å². The lowest BCUT2D eigenvalue weighted by atomic mass is 10.0. The van der Waals surface area contributed by atoms with Crippen LogP contribution < -0.4 is 5.32 Å². The fourth-order valence-electron chi connectivity index (χ4n) is 2.62. The summed E-state index contributed by atoms with van der Waals surface area (Å²) >= 11 is 8.40. The van der Waals surface area contributed by atoms with Crippen LogP contribution in [0.25, 0.3) is 0 Å². The second-order valence-corrected chi connectivity index (χ2v) is 6.41. The third-order valence-electron chi connectivity index (χ3n) is 3.68. The number of nitrogens with one attached hydrogen (secondary N) is 1. The highest BCUT2D eigenvalue weighted by atomic mass is 35.5. The van der Waals surface area contributed by atoms with E-state index in [1.807, 2.05) is 16.4 Å². The molecule has 1 fully saturated rings. The Balaban J connectivity index is 2.30. The quantitative estimate of drug-likeness (QED) is 0.904. The van der Waals surface area contributed by atoms with Crippen LogP contribution in [-0.4, -0.2) is 52.4 Å². The molecule has 19 heavy (non-hydrogen) atoms. The largest absolute Gasteiger partial charge is 0.308 e. The first-order valence-electron chi connectivity index (χ1n) is 6.91. The molecule has 2 heterocycles. The van der Waals surface area contributed by atoms with E-state index in [4.69, 9.17) is 11.6 Å². The molecule has 108 valence electrons. The zero-order chi connectivity index (χ0) is 13.8. The van der Waals surface area contributed by atoms with E-state index in [0.717, 1.165) is 36.1 Å². The van der Waals surface area contributed by atoms with E-state index in [1.54, 1.807) is 6.20 Å². The third kappa shape index (κ3) is 3.27. The second kappa shape index (κ2) is 6.97. The van der Waals surface area contributed by atoms with Crippen LogP contribution in [-0.2, 0) is 6.54 Å². The lowest BCUT2D eigenvalue weighted by molar-refractivity contribution is 0.211. The number of aromatic nitrogens is 2. The molecule has 0 aromatic carbocycles. The van der Waals surface area contributed by atoms with Crippen molar-refractivity contribution in [3.05, 3.63) is 16.9 Å².